The normalized spacial score (nSPS) is 23.6. The molecule has 2 heterocycles. The highest BCUT2D eigenvalue weighted by Crippen LogP contribution is 2.35. The molecule has 0 aromatic heterocycles. The molecular formula is C15H26N2O4. The van der Waals surface area contributed by atoms with E-state index in [1.807, 2.05) is 11.8 Å². The highest BCUT2D eigenvalue weighted by Gasteiger charge is 2.44. The van der Waals surface area contributed by atoms with Gasteiger partial charge in [-0.25, -0.2) is 9.59 Å². The summed E-state index contributed by atoms with van der Waals surface area (Å²) in [5.74, 6) is -0.976. The maximum atomic E-state index is 12.4. The van der Waals surface area contributed by atoms with E-state index in [4.69, 9.17) is 9.84 Å². The molecule has 2 fully saturated rings. The first kappa shape index (κ1) is 16.1. The molecule has 6 heteroatoms. The van der Waals surface area contributed by atoms with Crippen LogP contribution in [0.2, 0.25) is 0 Å². The smallest absolute Gasteiger partial charge is 0.329 e. The molecule has 0 bridgehead atoms. The number of hydrogen-bond donors (Lipinski definition) is 1. The second kappa shape index (κ2) is 5.83. The van der Waals surface area contributed by atoms with Crippen molar-refractivity contribution in [2.75, 3.05) is 32.8 Å². The van der Waals surface area contributed by atoms with E-state index in [0.29, 0.717) is 18.5 Å². The monoisotopic (exact) mass is 298 g/mol. The molecule has 6 nitrogen and oxygen atoms in total. The van der Waals surface area contributed by atoms with Crippen LogP contribution in [0, 0.1) is 5.41 Å². The number of rotatable bonds is 4. The first-order chi connectivity index (χ1) is 9.77. The van der Waals surface area contributed by atoms with Crippen LogP contribution < -0.4 is 0 Å². The number of carbonyl (C=O) groups is 2. The number of piperidine rings is 1. The van der Waals surface area contributed by atoms with Crippen molar-refractivity contribution in [1.82, 2.24) is 9.80 Å². The summed E-state index contributed by atoms with van der Waals surface area (Å²) < 4.78 is 5.33. The number of likely N-dealkylation sites (tertiary alicyclic amines) is 2. The zero-order valence-corrected chi connectivity index (χ0v) is 13.2. The minimum Gasteiger partial charge on any atom is -0.480 e. The lowest BCUT2D eigenvalue weighted by Gasteiger charge is -2.50. The van der Waals surface area contributed by atoms with Crippen LogP contribution in [0.4, 0.5) is 4.79 Å². The SMILES string of the molecule is CCC1(C)CCN(C(=O)N2CC(C)(OCC(=O)O)C2)CC1. The summed E-state index contributed by atoms with van der Waals surface area (Å²) in [6.45, 7) is 8.61. The van der Waals surface area contributed by atoms with Gasteiger partial charge < -0.3 is 19.6 Å². The molecule has 0 spiro atoms. The van der Waals surface area contributed by atoms with E-state index in [1.165, 1.54) is 0 Å². The predicted octanol–water partition coefficient (Wildman–Crippen LogP) is 1.79. The van der Waals surface area contributed by atoms with Gasteiger partial charge in [0, 0.05) is 13.1 Å². The largest absolute Gasteiger partial charge is 0.480 e. The van der Waals surface area contributed by atoms with Crippen LogP contribution in [-0.2, 0) is 9.53 Å². The van der Waals surface area contributed by atoms with Crippen molar-refractivity contribution in [2.24, 2.45) is 5.41 Å². The standard InChI is InChI=1S/C15H26N2O4/c1-4-14(2)5-7-16(8-6-14)13(20)17-10-15(3,11-17)21-9-12(18)19/h4-11H2,1-3H3,(H,18,19). The summed E-state index contributed by atoms with van der Waals surface area (Å²) in [5.41, 5.74) is -0.146. The van der Waals surface area contributed by atoms with Crippen molar-refractivity contribution < 1.29 is 19.4 Å². The minimum absolute atomic E-state index is 0.0598. The van der Waals surface area contributed by atoms with Gasteiger partial charge >= 0.3 is 12.0 Å². The van der Waals surface area contributed by atoms with Crippen LogP contribution in [0.15, 0.2) is 0 Å². The third kappa shape index (κ3) is 3.67. The lowest BCUT2D eigenvalue weighted by molar-refractivity contribution is -0.160. The Hall–Kier alpha value is -1.30. The van der Waals surface area contributed by atoms with Gasteiger partial charge in [0.1, 0.15) is 12.2 Å². The van der Waals surface area contributed by atoms with Crippen LogP contribution in [0.5, 0.6) is 0 Å². The Labute approximate surface area is 126 Å². The number of carboxylic acids is 1. The number of amides is 2. The van der Waals surface area contributed by atoms with Gasteiger partial charge in [-0.15, -0.1) is 0 Å². The molecule has 0 aromatic rings. The summed E-state index contributed by atoms with van der Waals surface area (Å²) in [4.78, 5) is 26.6. The molecule has 21 heavy (non-hydrogen) atoms. The molecule has 1 N–H and O–H groups in total. The van der Waals surface area contributed by atoms with Gasteiger partial charge in [-0.1, -0.05) is 20.3 Å². The Morgan fingerprint density at radius 1 is 1.14 bits per heavy atom. The molecule has 2 rings (SSSR count). The van der Waals surface area contributed by atoms with E-state index < -0.39 is 11.6 Å². The third-order valence-electron chi connectivity index (χ3n) is 4.96. The van der Waals surface area contributed by atoms with Crippen LogP contribution in [0.1, 0.15) is 40.0 Å². The summed E-state index contributed by atoms with van der Waals surface area (Å²) >= 11 is 0. The highest BCUT2D eigenvalue weighted by molar-refractivity contribution is 5.76. The van der Waals surface area contributed by atoms with E-state index in [-0.39, 0.29) is 12.6 Å². The first-order valence-electron chi connectivity index (χ1n) is 7.67. The second-order valence-corrected chi connectivity index (χ2v) is 6.92. The first-order valence-corrected chi connectivity index (χ1v) is 7.67. The zero-order valence-electron chi connectivity index (χ0n) is 13.2. The van der Waals surface area contributed by atoms with Gasteiger partial charge in [0.2, 0.25) is 0 Å². The van der Waals surface area contributed by atoms with Gasteiger partial charge in [-0.05, 0) is 25.2 Å². The number of carbonyl (C=O) groups excluding carboxylic acids is 1. The quantitative estimate of drug-likeness (QED) is 0.859. The molecule has 0 atom stereocenters. The highest BCUT2D eigenvalue weighted by atomic mass is 16.5. The Kier molecular flexibility index (Phi) is 4.46. The van der Waals surface area contributed by atoms with Crippen LogP contribution >= 0.6 is 0 Å². The molecular weight excluding hydrogens is 272 g/mol. The van der Waals surface area contributed by atoms with Crippen LogP contribution in [0.3, 0.4) is 0 Å². The number of urea groups is 1. The van der Waals surface area contributed by atoms with Gasteiger partial charge in [-0.2, -0.15) is 0 Å². The zero-order chi connectivity index (χ0) is 15.7. The fourth-order valence-electron chi connectivity index (χ4n) is 3.02. The van der Waals surface area contributed by atoms with E-state index in [1.54, 1.807) is 4.90 Å². The summed E-state index contributed by atoms with van der Waals surface area (Å²) in [5, 5.41) is 8.63. The fourth-order valence-corrected chi connectivity index (χ4v) is 3.02. The van der Waals surface area contributed by atoms with Gasteiger partial charge in [0.05, 0.1) is 13.1 Å². The molecule has 2 aliphatic rings. The Morgan fingerprint density at radius 2 is 1.71 bits per heavy atom. The van der Waals surface area contributed by atoms with E-state index in [0.717, 1.165) is 32.4 Å². The number of ether oxygens (including phenoxy) is 1. The summed E-state index contributed by atoms with van der Waals surface area (Å²) in [6.07, 6.45) is 3.26. The summed E-state index contributed by atoms with van der Waals surface area (Å²) in [6, 6.07) is 0.0598. The number of hydrogen-bond acceptors (Lipinski definition) is 3. The van der Waals surface area contributed by atoms with E-state index in [2.05, 4.69) is 13.8 Å². The third-order valence-corrected chi connectivity index (χ3v) is 4.96. The molecule has 0 radical (unpaired) electrons. The number of nitrogens with zero attached hydrogens (tertiary/aromatic N) is 2. The van der Waals surface area contributed by atoms with Crippen molar-refractivity contribution in [1.29, 1.82) is 0 Å². The lowest BCUT2D eigenvalue weighted by atomic mass is 9.78. The van der Waals surface area contributed by atoms with Crippen molar-refractivity contribution >= 4 is 12.0 Å². The predicted molar refractivity (Wildman–Crippen MR) is 78.2 cm³/mol. The van der Waals surface area contributed by atoms with Crippen LogP contribution in [-0.4, -0.2) is 65.3 Å². The Morgan fingerprint density at radius 3 is 2.19 bits per heavy atom. The molecule has 0 aromatic carbocycles. The Balaban J connectivity index is 1.78. The molecule has 0 saturated carbocycles. The van der Waals surface area contributed by atoms with Gasteiger partial charge in [0.15, 0.2) is 0 Å². The molecule has 0 unspecified atom stereocenters. The van der Waals surface area contributed by atoms with Gasteiger partial charge in [-0.3, -0.25) is 0 Å². The molecule has 2 saturated heterocycles. The molecule has 2 amide bonds. The van der Waals surface area contributed by atoms with Crippen molar-refractivity contribution in [3.05, 3.63) is 0 Å². The van der Waals surface area contributed by atoms with Crippen molar-refractivity contribution in [2.45, 2.75) is 45.6 Å². The topological polar surface area (TPSA) is 70.1 Å². The number of carboxylic acid groups (broad SMARTS) is 1. The maximum absolute atomic E-state index is 12.4. The average molecular weight is 298 g/mol. The van der Waals surface area contributed by atoms with E-state index in [9.17, 15) is 9.59 Å². The molecule has 0 aliphatic carbocycles. The molecule has 2 aliphatic heterocycles. The Bertz CT molecular complexity index is 410. The van der Waals surface area contributed by atoms with E-state index >= 15 is 0 Å². The molecule has 120 valence electrons. The van der Waals surface area contributed by atoms with Gasteiger partial charge in [0.25, 0.3) is 0 Å². The minimum atomic E-state index is -0.976. The lowest BCUT2D eigenvalue weighted by Crippen LogP contribution is -2.66. The maximum Gasteiger partial charge on any atom is 0.329 e. The van der Waals surface area contributed by atoms with Crippen LogP contribution in [0.25, 0.3) is 0 Å². The number of aliphatic carboxylic acids is 1. The summed E-state index contributed by atoms with van der Waals surface area (Å²) in [7, 11) is 0. The van der Waals surface area contributed by atoms with Crippen molar-refractivity contribution in [3.8, 4) is 0 Å². The second-order valence-electron chi connectivity index (χ2n) is 6.92. The average Bonchev–Trinajstić information content (AvgIpc) is 2.42. The van der Waals surface area contributed by atoms with Crippen molar-refractivity contribution in [3.63, 3.8) is 0 Å². The fraction of sp³-hybridized carbons (Fsp3) is 0.867.